The molecule has 0 radical (unpaired) electrons. The van der Waals surface area contributed by atoms with Gasteiger partial charge in [0.1, 0.15) is 0 Å². The van der Waals surface area contributed by atoms with Crippen LogP contribution in [0.25, 0.3) is 0 Å². The number of amides is 3. The first kappa shape index (κ1) is 14.5. The SMILES string of the molecule is O=C1CNC(=O)N1CCCCCCCCCBr. The van der Waals surface area contributed by atoms with E-state index in [-0.39, 0.29) is 18.5 Å². The highest BCUT2D eigenvalue weighted by molar-refractivity contribution is 9.09. The number of rotatable bonds is 9. The van der Waals surface area contributed by atoms with E-state index < -0.39 is 0 Å². The summed E-state index contributed by atoms with van der Waals surface area (Å²) in [6.45, 7) is 0.747. The molecular formula is C12H21BrN2O2. The van der Waals surface area contributed by atoms with Crippen LogP contribution in [-0.4, -0.2) is 35.3 Å². The lowest BCUT2D eigenvalue weighted by Crippen LogP contribution is -2.31. The predicted octanol–water partition coefficient (Wildman–Crippen LogP) is 2.66. The van der Waals surface area contributed by atoms with Crippen LogP contribution in [0.1, 0.15) is 44.9 Å². The van der Waals surface area contributed by atoms with Crippen molar-refractivity contribution in [2.24, 2.45) is 0 Å². The minimum atomic E-state index is -0.229. The number of unbranched alkanes of at least 4 members (excludes halogenated alkanes) is 6. The summed E-state index contributed by atoms with van der Waals surface area (Å²) in [7, 11) is 0. The van der Waals surface area contributed by atoms with Crippen molar-refractivity contribution >= 4 is 27.9 Å². The van der Waals surface area contributed by atoms with Crippen LogP contribution in [0.5, 0.6) is 0 Å². The number of nitrogens with zero attached hydrogens (tertiary/aromatic N) is 1. The van der Waals surface area contributed by atoms with E-state index in [0.29, 0.717) is 6.54 Å². The molecule has 1 heterocycles. The van der Waals surface area contributed by atoms with Gasteiger partial charge in [-0.2, -0.15) is 0 Å². The minimum absolute atomic E-state index is 0.0904. The Morgan fingerprint density at radius 3 is 2.12 bits per heavy atom. The fraction of sp³-hybridized carbons (Fsp3) is 0.833. The second kappa shape index (κ2) is 8.50. The molecule has 98 valence electrons. The van der Waals surface area contributed by atoms with Crippen LogP contribution in [-0.2, 0) is 4.79 Å². The topological polar surface area (TPSA) is 49.4 Å². The Morgan fingerprint density at radius 2 is 1.59 bits per heavy atom. The zero-order chi connectivity index (χ0) is 12.5. The normalized spacial score (nSPS) is 15.5. The molecular weight excluding hydrogens is 284 g/mol. The number of hydrogen-bond donors (Lipinski definition) is 1. The molecule has 4 nitrogen and oxygen atoms in total. The van der Waals surface area contributed by atoms with Crippen LogP contribution in [0.4, 0.5) is 4.79 Å². The van der Waals surface area contributed by atoms with Crippen LogP contribution in [0.2, 0.25) is 0 Å². The number of imide groups is 1. The van der Waals surface area contributed by atoms with Crippen molar-refractivity contribution in [3.05, 3.63) is 0 Å². The second-order valence-corrected chi connectivity index (χ2v) is 5.16. The Bertz CT molecular complexity index is 243. The van der Waals surface area contributed by atoms with Crippen molar-refractivity contribution in [3.63, 3.8) is 0 Å². The van der Waals surface area contributed by atoms with Gasteiger partial charge in [-0.1, -0.05) is 48.0 Å². The fourth-order valence-corrected chi connectivity index (χ4v) is 2.33. The summed E-state index contributed by atoms with van der Waals surface area (Å²) in [5, 5.41) is 3.62. The molecule has 1 aliphatic heterocycles. The summed E-state index contributed by atoms with van der Waals surface area (Å²) < 4.78 is 0. The summed E-state index contributed by atoms with van der Waals surface area (Å²) in [4.78, 5) is 23.8. The molecule has 1 saturated heterocycles. The maximum atomic E-state index is 11.3. The molecule has 0 bridgehead atoms. The van der Waals surface area contributed by atoms with Gasteiger partial charge in [0, 0.05) is 11.9 Å². The molecule has 1 aliphatic rings. The van der Waals surface area contributed by atoms with Crippen LogP contribution in [0.3, 0.4) is 0 Å². The van der Waals surface area contributed by atoms with Gasteiger partial charge < -0.3 is 5.32 Å². The molecule has 0 aromatic heterocycles. The summed E-state index contributed by atoms with van der Waals surface area (Å²) in [5.74, 6) is -0.0904. The predicted molar refractivity (Wildman–Crippen MR) is 71.2 cm³/mol. The monoisotopic (exact) mass is 304 g/mol. The Labute approximate surface area is 111 Å². The van der Waals surface area contributed by atoms with E-state index in [1.165, 1.54) is 37.0 Å². The molecule has 0 aromatic rings. The van der Waals surface area contributed by atoms with Crippen molar-refractivity contribution in [3.8, 4) is 0 Å². The van der Waals surface area contributed by atoms with E-state index in [1.54, 1.807) is 0 Å². The Morgan fingerprint density at radius 1 is 1.00 bits per heavy atom. The van der Waals surface area contributed by atoms with E-state index in [1.807, 2.05) is 0 Å². The van der Waals surface area contributed by atoms with E-state index in [0.717, 1.165) is 18.2 Å². The van der Waals surface area contributed by atoms with Crippen molar-refractivity contribution in [2.45, 2.75) is 44.9 Å². The molecule has 0 saturated carbocycles. The third kappa shape index (κ3) is 5.52. The van der Waals surface area contributed by atoms with Crippen molar-refractivity contribution in [1.29, 1.82) is 0 Å². The highest BCUT2D eigenvalue weighted by Gasteiger charge is 2.27. The number of nitrogens with one attached hydrogen (secondary N) is 1. The lowest BCUT2D eigenvalue weighted by molar-refractivity contribution is -0.125. The molecule has 0 aliphatic carbocycles. The number of urea groups is 1. The van der Waals surface area contributed by atoms with E-state index in [9.17, 15) is 9.59 Å². The van der Waals surface area contributed by atoms with Crippen LogP contribution in [0, 0.1) is 0 Å². The van der Waals surface area contributed by atoms with E-state index in [2.05, 4.69) is 21.2 Å². The van der Waals surface area contributed by atoms with Gasteiger partial charge in [0.15, 0.2) is 0 Å². The first-order valence-corrected chi connectivity index (χ1v) is 7.52. The lowest BCUT2D eigenvalue weighted by Gasteiger charge is -2.11. The molecule has 17 heavy (non-hydrogen) atoms. The average molecular weight is 305 g/mol. The zero-order valence-electron chi connectivity index (χ0n) is 10.2. The number of alkyl halides is 1. The largest absolute Gasteiger partial charge is 0.329 e. The van der Waals surface area contributed by atoms with Gasteiger partial charge in [-0.05, 0) is 12.8 Å². The standard InChI is InChI=1S/C12H21BrN2O2/c13-8-6-4-2-1-3-5-7-9-15-11(16)10-14-12(15)17/h1-10H2,(H,14,17). The molecule has 1 rings (SSSR count). The Kier molecular flexibility index (Phi) is 7.24. The maximum absolute atomic E-state index is 11.3. The first-order valence-electron chi connectivity index (χ1n) is 6.40. The number of hydrogen-bond acceptors (Lipinski definition) is 2. The summed E-state index contributed by atoms with van der Waals surface area (Å²) >= 11 is 3.42. The Balaban J connectivity index is 1.93. The molecule has 1 fully saturated rings. The Hall–Kier alpha value is -0.580. The minimum Gasteiger partial charge on any atom is -0.329 e. The first-order chi connectivity index (χ1) is 8.25. The molecule has 0 atom stereocenters. The molecule has 0 aromatic carbocycles. The van der Waals surface area contributed by atoms with Crippen LogP contribution in [0.15, 0.2) is 0 Å². The summed E-state index contributed by atoms with van der Waals surface area (Å²) in [6, 6.07) is -0.229. The van der Waals surface area contributed by atoms with Crippen molar-refractivity contribution in [1.82, 2.24) is 10.2 Å². The van der Waals surface area contributed by atoms with E-state index in [4.69, 9.17) is 0 Å². The van der Waals surface area contributed by atoms with Gasteiger partial charge in [-0.3, -0.25) is 9.69 Å². The van der Waals surface area contributed by atoms with E-state index >= 15 is 0 Å². The van der Waals surface area contributed by atoms with Crippen molar-refractivity contribution in [2.75, 3.05) is 18.4 Å². The van der Waals surface area contributed by atoms with Gasteiger partial charge in [0.25, 0.3) is 0 Å². The van der Waals surface area contributed by atoms with Gasteiger partial charge in [-0.25, -0.2) is 4.79 Å². The van der Waals surface area contributed by atoms with Gasteiger partial charge >= 0.3 is 6.03 Å². The molecule has 1 N–H and O–H groups in total. The number of halogens is 1. The quantitative estimate of drug-likeness (QED) is 0.404. The van der Waals surface area contributed by atoms with Crippen LogP contribution >= 0.6 is 15.9 Å². The molecule has 3 amide bonds. The maximum Gasteiger partial charge on any atom is 0.324 e. The summed E-state index contributed by atoms with van der Waals surface area (Å²) in [5.41, 5.74) is 0. The summed E-state index contributed by atoms with van der Waals surface area (Å²) in [6.07, 6.45) is 8.32. The third-order valence-electron chi connectivity index (χ3n) is 2.95. The van der Waals surface area contributed by atoms with Crippen LogP contribution < -0.4 is 5.32 Å². The van der Waals surface area contributed by atoms with Crippen molar-refractivity contribution < 1.29 is 9.59 Å². The number of carbonyl (C=O) groups is 2. The van der Waals surface area contributed by atoms with Gasteiger partial charge in [0.05, 0.1) is 6.54 Å². The highest BCUT2D eigenvalue weighted by atomic mass is 79.9. The van der Waals surface area contributed by atoms with Gasteiger partial charge in [0.2, 0.25) is 5.91 Å². The molecule has 0 spiro atoms. The second-order valence-electron chi connectivity index (χ2n) is 4.37. The third-order valence-corrected chi connectivity index (χ3v) is 3.51. The highest BCUT2D eigenvalue weighted by Crippen LogP contribution is 2.09. The zero-order valence-corrected chi connectivity index (χ0v) is 11.8. The van der Waals surface area contributed by atoms with Gasteiger partial charge in [-0.15, -0.1) is 0 Å². The molecule has 0 unspecified atom stereocenters. The fourth-order valence-electron chi connectivity index (χ4n) is 1.93. The average Bonchev–Trinajstić information content (AvgIpc) is 2.63. The smallest absolute Gasteiger partial charge is 0.324 e. The molecule has 5 heteroatoms. The lowest BCUT2D eigenvalue weighted by atomic mass is 10.1. The number of carbonyl (C=O) groups excluding carboxylic acids is 2.